The second kappa shape index (κ2) is 13.1. The summed E-state index contributed by atoms with van der Waals surface area (Å²) in [7, 11) is 0. The molecule has 0 fully saturated rings. The monoisotopic (exact) mass is 551 g/mol. The molecule has 1 heterocycles. The van der Waals surface area contributed by atoms with Crippen LogP contribution in [0.5, 0.6) is 11.5 Å². The Hall–Kier alpha value is -3.88. The molecule has 196 valence electrons. The zero-order valence-corrected chi connectivity index (χ0v) is 22.4. The molecular weight excluding hydrogens is 525 g/mol. The van der Waals surface area contributed by atoms with E-state index in [0.29, 0.717) is 39.9 Å². The average molecular weight is 552 g/mol. The van der Waals surface area contributed by atoms with Crippen LogP contribution in [-0.2, 0) is 11.2 Å². The molecule has 0 radical (unpaired) electrons. The van der Waals surface area contributed by atoms with Crippen molar-refractivity contribution < 1.29 is 14.3 Å². The molecule has 38 heavy (non-hydrogen) atoms. The summed E-state index contributed by atoms with van der Waals surface area (Å²) in [5.74, 6) is 1.45. The van der Waals surface area contributed by atoms with Crippen molar-refractivity contribution in [2.45, 2.75) is 32.5 Å². The van der Waals surface area contributed by atoms with E-state index in [0.717, 1.165) is 6.42 Å². The molecule has 0 saturated heterocycles. The van der Waals surface area contributed by atoms with Gasteiger partial charge in [-0.2, -0.15) is 15.0 Å². The number of halogens is 2. The summed E-state index contributed by atoms with van der Waals surface area (Å²) in [6.07, 6.45) is -0.576. The number of rotatable bonds is 11. The van der Waals surface area contributed by atoms with Gasteiger partial charge in [0.2, 0.25) is 11.9 Å². The van der Waals surface area contributed by atoms with Crippen molar-refractivity contribution in [3.63, 3.8) is 0 Å². The third-order valence-electron chi connectivity index (χ3n) is 5.41. The van der Waals surface area contributed by atoms with Crippen LogP contribution >= 0.6 is 23.2 Å². The predicted octanol–water partition coefficient (Wildman–Crippen LogP) is 6.38. The molecule has 0 saturated carbocycles. The molecule has 10 heteroatoms. The highest BCUT2D eigenvalue weighted by Crippen LogP contribution is 2.23. The van der Waals surface area contributed by atoms with Gasteiger partial charge in [-0.1, -0.05) is 53.5 Å². The lowest BCUT2D eigenvalue weighted by atomic mass is 10.1. The highest BCUT2D eigenvalue weighted by atomic mass is 35.5. The molecule has 1 amide bonds. The van der Waals surface area contributed by atoms with Crippen molar-refractivity contribution in [3.8, 4) is 11.5 Å². The highest BCUT2D eigenvalue weighted by molar-refractivity contribution is 6.30. The maximum absolute atomic E-state index is 12.9. The third kappa shape index (κ3) is 8.06. The number of nitrogens with zero attached hydrogens (tertiary/aromatic N) is 3. The van der Waals surface area contributed by atoms with Gasteiger partial charge in [-0.3, -0.25) is 10.1 Å². The minimum Gasteiger partial charge on any atom is -0.483 e. The quantitative estimate of drug-likeness (QED) is 0.223. The highest BCUT2D eigenvalue weighted by Gasteiger charge is 2.20. The Morgan fingerprint density at radius 2 is 1.37 bits per heavy atom. The molecule has 1 aromatic heterocycles. The Labute approximate surface area is 231 Å². The first-order valence-electron chi connectivity index (χ1n) is 12.0. The van der Waals surface area contributed by atoms with Gasteiger partial charge in [-0.25, -0.2) is 0 Å². The van der Waals surface area contributed by atoms with Gasteiger partial charge < -0.3 is 14.8 Å². The Bertz CT molecular complexity index is 1340. The minimum atomic E-state index is -0.811. The number of carbonyl (C=O) groups excluding carboxylic acids is 1. The molecule has 0 aliphatic carbocycles. The Morgan fingerprint density at radius 3 is 2.00 bits per heavy atom. The molecule has 4 aromatic rings. The zero-order valence-electron chi connectivity index (χ0n) is 20.9. The van der Waals surface area contributed by atoms with Crippen LogP contribution in [0.3, 0.4) is 0 Å². The van der Waals surface area contributed by atoms with Crippen molar-refractivity contribution in [2.24, 2.45) is 0 Å². The van der Waals surface area contributed by atoms with E-state index in [1.165, 1.54) is 5.56 Å². The molecule has 0 aliphatic heterocycles. The average Bonchev–Trinajstić information content (AvgIpc) is 2.91. The largest absolute Gasteiger partial charge is 0.483 e. The minimum absolute atomic E-state index is 0.0836. The van der Waals surface area contributed by atoms with Gasteiger partial charge >= 0.3 is 0 Å². The first-order valence-corrected chi connectivity index (χ1v) is 12.8. The standard InChI is InChI=1S/C28H27Cl2N5O3/c1-18(37-23-12-8-21(29)9-13-23)25-32-27(31-17-16-20-6-4-3-5-7-20)35-28(33-25)34-26(36)19(2)38-24-14-10-22(30)11-15-24/h3-15,18-19H,16-17H2,1-2H3,(H2,31,32,33,34,35,36). The Balaban J connectivity index is 1.48. The fraction of sp³-hybridized carbons (Fsp3) is 0.214. The Morgan fingerprint density at radius 1 is 0.789 bits per heavy atom. The molecule has 0 aliphatic rings. The van der Waals surface area contributed by atoms with Crippen molar-refractivity contribution in [3.05, 3.63) is 100 Å². The summed E-state index contributed by atoms with van der Waals surface area (Å²) in [4.78, 5) is 26.2. The molecule has 3 aromatic carbocycles. The van der Waals surface area contributed by atoms with Crippen LogP contribution in [0.25, 0.3) is 0 Å². The SMILES string of the molecule is CC(Oc1ccc(Cl)cc1)C(=O)Nc1nc(NCCc2ccccc2)nc(C(C)Oc2ccc(Cl)cc2)n1. The fourth-order valence-electron chi connectivity index (χ4n) is 3.43. The van der Waals surface area contributed by atoms with Crippen LogP contribution < -0.4 is 20.1 Å². The van der Waals surface area contributed by atoms with Crippen molar-refractivity contribution >= 4 is 41.0 Å². The van der Waals surface area contributed by atoms with E-state index in [1.807, 2.05) is 25.1 Å². The second-order valence-electron chi connectivity index (χ2n) is 8.42. The topological polar surface area (TPSA) is 98.3 Å². The maximum Gasteiger partial charge on any atom is 0.267 e. The zero-order chi connectivity index (χ0) is 26.9. The smallest absolute Gasteiger partial charge is 0.267 e. The summed E-state index contributed by atoms with van der Waals surface area (Å²) in [6, 6.07) is 23.8. The first kappa shape index (κ1) is 27.2. The summed E-state index contributed by atoms with van der Waals surface area (Å²) in [5.41, 5.74) is 1.18. The molecule has 2 N–H and O–H groups in total. The summed E-state index contributed by atoms with van der Waals surface area (Å²) in [6.45, 7) is 4.04. The number of nitrogens with one attached hydrogen (secondary N) is 2. The number of anilines is 2. The fourth-order valence-corrected chi connectivity index (χ4v) is 3.68. The van der Waals surface area contributed by atoms with Gasteiger partial charge in [0.1, 0.15) is 11.5 Å². The van der Waals surface area contributed by atoms with E-state index in [1.54, 1.807) is 55.5 Å². The van der Waals surface area contributed by atoms with Crippen molar-refractivity contribution in [1.82, 2.24) is 15.0 Å². The lowest BCUT2D eigenvalue weighted by Gasteiger charge is -2.17. The molecule has 2 unspecified atom stereocenters. The van der Waals surface area contributed by atoms with E-state index < -0.39 is 18.1 Å². The van der Waals surface area contributed by atoms with Gasteiger partial charge in [-0.05, 0) is 74.4 Å². The molecule has 0 spiro atoms. The normalized spacial score (nSPS) is 12.3. The second-order valence-corrected chi connectivity index (χ2v) is 9.29. The van der Waals surface area contributed by atoms with Crippen LogP contribution in [0.2, 0.25) is 10.0 Å². The number of amides is 1. The van der Waals surface area contributed by atoms with Gasteiger partial charge in [0.15, 0.2) is 18.0 Å². The third-order valence-corrected chi connectivity index (χ3v) is 5.92. The maximum atomic E-state index is 12.9. The number of aromatic nitrogens is 3. The van der Waals surface area contributed by atoms with Gasteiger partial charge in [-0.15, -0.1) is 0 Å². The lowest BCUT2D eigenvalue weighted by molar-refractivity contribution is -0.122. The molecule has 8 nitrogen and oxygen atoms in total. The number of carbonyl (C=O) groups is 1. The Kier molecular flexibility index (Phi) is 9.35. The molecule has 0 bridgehead atoms. The van der Waals surface area contributed by atoms with Gasteiger partial charge in [0, 0.05) is 16.6 Å². The number of hydrogen-bond acceptors (Lipinski definition) is 7. The van der Waals surface area contributed by atoms with Crippen LogP contribution in [0.4, 0.5) is 11.9 Å². The summed E-state index contributed by atoms with van der Waals surface area (Å²) in [5, 5.41) is 7.13. The van der Waals surface area contributed by atoms with E-state index in [4.69, 9.17) is 32.7 Å². The molecule has 4 rings (SSSR count). The molecule has 2 atom stereocenters. The predicted molar refractivity (Wildman–Crippen MR) is 149 cm³/mol. The van der Waals surface area contributed by atoms with E-state index in [-0.39, 0.29) is 5.95 Å². The number of hydrogen-bond donors (Lipinski definition) is 2. The first-order chi connectivity index (χ1) is 18.4. The van der Waals surface area contributed by atoms with Gasteiger partial charge in [0.05, 0.1) is 0 Å². The van der Waals surface area contributed by atoms with E-state index in [9.17, 15) is 4.79 Å². The van der Waals surface area contributed by atoms with Crippen molar-refractivity contribution in [1.29, 1.82) is 0 Å². The molecular formula is C28H27Cl2N5O3. The summed E-state index contributed by atoms with van der Waals surface area (Å²) >= 11 is 11.9. The van der Waals surface area contributed by atoms with Crippen LogP contribution in [0.1, 0.15) is 31.3 Å². The van der Waals surface area contributed by atoms with E-state index in [2.05, 4.69) is 37.7 Å². The van der Waals surface area contributed by atoms with E-state index >= 15 is 0 Å². The summed E-state index contributed by atoms with van der Waals surface area (Å²) < 4.78 is 11.7. The lowest BCUT2D eigenvalue weighted by Crippen LogP contribution is -2.31. The van der Waals surface area contributed by atoms with Crippen LogP contribution in [-0.4, -0.2) is 33.5 Å². The van der Waals surface area contributed by atoms with Crippen molar-refractivity contribution in [2.75, 3.05) is 17.2 Å². The van der Waals surface area contributed by atoms with Crippen LogP contribution in [0, 0.1) is 0 Å². The number of benzene rings is 3. The number of ether oxygens (including phenoxy) is 2. The van der Waals surface area contributed by atoms with Gasteiger partial charge in [0.25, 0.3) is 5.91 Å². The van der Waals surface area contributed by atoms with Crippen LogP contribution in [0.15, 0.2) is 78.9 Å².